The van der Waals surface area contributed by atoms with E-state index in [1.165, 1.54) is 0 Å². The van der Waals surface area contributed by atoms with Gasteiger partial charge in [-0.25, -0.2) is 13.1 Å². The third-order valence-corrected chi connectivity index (χ3v) is 6.48. The normalized spacial score (nSPS) is 16.7. The highest BCUT2D eigenvalue weighted by Crippen LogP contribution is 2.22. The van der Waals surface area contributed by atoms with Gasteiger partial charge < -0.3 is 9.15 Å². The molecule has 0 spiro atoms. The topological polar surface area (TPSA) is 71.8 Å². The van der Waals surface area contributed by atoms with Crippen molar-refractivity contribution in [3.05, 3.63) is 47.9 Å². The van der Waals surface area contributed by atoms with Crippen molar-refractivity contribution in [2.75, 3.05) is 26.7 Å². The molecule has 0 atom stereocenters. The maximum atomic E-state index is 12.6. The number of hydrogen-bond acceptors (Lipinski definition) is 5. The summed E-state index contributed by atoms with van der Waals surface area (Å²) in [7, 11) is -1.94. The number of furan rings is 1. The maximum Gasteiger partial charge on any atom is 0.240 e. The number of likely N-dealkylation sites (tertiary alicyclic amines) is 1. The Labute approximate surface area is 155 Å². The average molecular weight is 378 g/mol. The van der Waals surface area contributed by atoms with E-state index in [0.717, 1.165) is 38.2 Å². The SMILES string of the molecule is COc1ccc(S(=O)(=O)NCC2CCN(Cc3ccco3)CC2)c(C)c1. The van der Waals surface area contributed by atoms with E-state index in [4.69, 9.17) is 9.15 Å². The first-order valence-electron chi connectivity index (χ1n) is 8.87. The molecule has 1 aliphatic rings. The number of nitrogens with zero attached hydrogens (tertiary/aromatic N) is 1. The Hall–Kier alpha value is -1.83. The maximum absolute atomic E-state index is 12.6. The second-order valence-corrected chi connectivity index (χ2v) is 8.52. The van der Waals surface area contributed by atoms with Crippen LogP contribution in [0.2, 0.25) is 0 Å². The van der Waals surface area contributed by atoms with E-state index in [2.05, 4.69) is 9.62 Å². The van der Waals surface area contributed by atoms with Crippen LogP contribution >= 0.6 is 0 Å². The van der Waals surface area contributed by atoms with Crippen LogP contribution in [0.5, 0.6) is 5.75 Å². The largest absolute Gasteiger partial charge is 0.497 e. The molecule has 1 N–H and O–H groups in total. The molecule has 6 nitrogen and oxygen atoms in total. The van der Waals surface area contributed by atoms with Gasteiger partial charge in [0.15, 0.2) is 0 Å². The van der Waals surface area contributed by atoms with Crippen LogP contribution in [0.1, 0.15) is 24.2 Å². The van der Waals surface area contributed by atoms with Crippen LogP contribution in [-0.4, -0.2) is 40.1 Å². The fraction of sp³-hybridized carbons (Fsp3) is 0.474. The first-order valence-corrected chi connectivity index (χ1v) is 10.4. The lowest BCUT2D eigenvalue weighted by molar-refractivity contribution is 0.168. The number of piperidine rings is 1. The molecule has 0 saturated carbocycles. The fourth-order valence-corrected chi connectivity index (χ4v) is 4.67. The van der Waals surface area contributed by atoms with Crippen LogP contribution < -0.4 is 9.46 Å². The van der Waals surface area contributed by atoms with Gasteiger partial charge in [-0.05, 0) is 74.7 Å². The van der Waals surface area contributed by atoms with E-state index >= 15 is 0 Å². The number of aryl methyl sites for hydroxylation is 1. The lowest BCUT2D eigenvalue weighted by Crippen LogP contribution is -2.38. The zero-order chi connectivity index (χ0) is 18.6. The Balaban J connectivity index is 1.51. The number of rotatable bonds is 7. The number of hydrogen-bond donors (Lipinski definition) is 1. The second kappa shape index (κ2) is 8.24. The molecule has 142 valence electrons. The zero-order valence-corrected chi connectivity index (χ0v) is 16.1. The molecule has 0 bridgehead atoms. The third kappa shape index (κ3) is 4.66. The van der Waals surface area contributed by atoms with E-state index in [-0.39, 0.29) is 0 Å². The van der Waals surface area contributed by atoms with E-state index in [1.807, 2.05) is 12.1 Å². The van der Waals surface area contributed by atoms with Gasteiger partial charge in [0.25, 0.3) is 0 Å². The summed E-state index contributed by atoms with van der Waals surface area (Å²) in [5.41, 5.74) is 0.685. The van der Waals surface area contributed by atoms with Crippen LogP contribution in [0, 0.1) is 12.8 Å². The minimum Gasteiger partial charge on any atom is -0.497 e. The molecule has 1 aromatic heterocycles. The predicted molar refractivity (Wildman–Crippen MR) is 99.6 cm³/mol. The van der Waals surface area contributed by atoms with Gasteiger partial charge >= 0.3 is 0 Å². The molecule has 1 aromatic carbocycles. The van der Waals surface area contributed by atoms with E-state index in [9.17, 15) is 8.42 Å². The van der Waals surface area contributed by atoms with E-state index in [0.29, 0.717) is 28.7 Å². The van der Waals surface area contributed by atoms with Gasteiger partial charge in [0, 0.05) is 6.54 Å². The summed E-state index contributed by atoms with van der Waals surface area (Å²) < 4.78 is 38.5. The number of nitrogens with one attached hydrogen (secondary N) is 1. The van der Waals surface area contributed by atoms with Gasteiger partial charge in [0.2, 0.25) is 10.0 Å². The summed E-state index contributed by atoms with van der Waals surface area (Å²) in [4.78, 5) is 2.66. The van der Waals surface area contributed by atoms with Gasteiger partial charge in [-0.3, -0.25) is 4.90 Å². The Morgan fingerprint density at radius 1 is 1.27 bits per heavy atom. The first-order chi connectivity index (χ1) is 12.5. The lowest BCUT2D eigenvalue weighted by Gasteiger charge is -2.31. The van der Waals surface area contributed by atoms with Crippen LogP contribution in [-0.2, 0) is 16.6 Å². The highest BCUT2D eigenvalue weighted by molar-refractivity contribution is 7.89. The minimum atomic E-state index is -3.50. The molecule has 26 heavy (non-hydrogen) atoms. The van der Waals surface area contributed by atoms with Crippen molar-refractivity contribution in [2.24, 2.45) is 5.92 Å². The monoisotopic (exact) mass is 378 g/mol. The van der Waals surface area contributed by atoms with Gasteiger partial charge in [-0.2, -0.15) is 0 Å². The molecule has 1 saturated heterocycles. The van der Waals surface area contributed by atoms with Crippen molar-refractivity contribution >= 4 is 10.0 Å². The summed E-state index contributed by atoms with van der Waals surface area (Å²) in [5.74, 6) is 1.99. The Kier molecular flexibility index (Phi) is 6.01. The molecular formula is C19H26N2O4S. The molecule has 0 amide bonds. The van der Waals surface area contributed by atoms with Gasteiger partial charge in [-0.1, -0.05) is 0 Å². The minimum absolute atomic E-state index is 0.313. The standard InChI is InChI=1S/C19H26N2O4S/c1-15-12-17(24-2)5-6-19(15)26(22,23)20-13-16-7-9-21(10-8-16)14-18-4-3-11-25-18/h3-6,11-12,16,20H,7-10,13-14H2,1-2H3. The first kappa shape index (κ1) is 18.9. The number of methoxy groups -OCH3 is 1. The number of ether oxygens (including phenoxy) is 1. The van der Waals surface area contributed by atoms with Gasteiger partial charge in [0.1, 0.15) is 11.5 Å². The molecule has 7 heteroatoms. The number of benzene rings is 1. The molecule has 0 radical (unpaired) electrons. The van der Waals surface area contributed by atoms with Crippen molar-refractivity contribution in [3.8, 4) is 5.75 Å². The fourth-order valence-electron chi connectivity index (χ4n) is 3.33. The summed E-state index contributed by atoms with van der Waals surface area (Å²) in [5, 5.41) is 0. The summed E-state index contributed by atoms with van der Waals surface area (Å²) in [6.07, 6.45) is 3.65. The number of sulfonamides is 1. The van der Waals surface area contributed by atoms with Crippen molar-refractivity contribution < 1.29 is 17.6 Å². The van der Waals surface area contributed by atoms with Crippen molar-refractivity contribution in [2.45, 2.75) is 31.2 Å². The molecule has 2 aromatic rings. The lowest BCUT2D eigenvalue weighted by atomic mass is 9.97. The van der Waals surface area contributed by atoms with Gasteiger partial charge in [-0.15, -0.1) is 0 Å². The molecule has 3 rings (SSSR count). The molecular weight excluding hydrogens is 352 g/mol. The van der Waals surface area contributed by atoms with Gasteiger partial charge in [0.05, 0.1) is 24.8 Å². The predicted octanol–water partition coefficient (Wildman–Crippen LogP) is 2.79. The highest BCUT2D eigenvalue weighted by Gasteiger charge is 2.23. The van der Waals surface area contributed by atoms with Crippen LogP contribution in [0.3, 0.4) is 0 Å². The quantitative estimate of drug-likeness (QED) is 0.802. The summed E-state index contributed by atoms with van der Waals surface area (Å²) >= 11 is 0. The molecule has 0 aliphatic carbocycles. The third-order valence-electron chi connectivity index (χ3n) is 4.90. The second-order valence-electron chi connectivity index (χ2n) is 6.78. The average Bonchev–Trinajstić information content (AvgIpc) is 3.14. The van der Waals surface area contributed by atoms with Crippen molar-refractivity contribution in [3.63, 3.8) is 0 Å². The van der Waals surface area contributed by atoms with Crippen LogP contribution in [0.4, 0.5) is 0 Å². The Morgan fingerprint density at radius 3 is 2.65 bits per heavy atom. The van der Waals surface area contributed by atoms with E-state index in [1.54, 1.807) is 38.5 Å². The zero-order valence-electron chi connectivity index (χ0n) is 15.3. The Morgan fingerprint density at radius 2 is 2.04 bits per heavy atom. The van der Waals surface area contributed by atoms with Crippen LogP contribution in [0.25, 0.3) is 0 Å². The molecule has 0 unspecified atom stereocenters. The van der Waals surface area contributed by atoms with Crippen molar-refractivity contribution in [1.29, 1.82) is 0 Å². The molecule has 1 fully saturated rings. The Bertz CT molecular complexity index is 810. The molecule has 1 aliphatic heterocycles. The smallest absolute Gasteiger partial charge is 0.240 e. The summed E-state index contributed by atoms with van der Waals surface area (Å²) in [6, 6.07) is 8.90. The van der Waals surface area contributed by atoms with Crippen molar-refractivity contribution in [1.82, 2.24) is 9.62 Å². The summed E-state index contributed by atoms with van der Waals surface area (Å²) in [6.45, 7) is 4.98. The van der Waals surface area contributed by atoms with Crippen LogP contribution in [0.15, 0.2) is 45.9 Å². The molecule has 2 heterocycles. The van der Waals surface area contributed by atoms with E-state index < -0.39 is 10.0 Å². The highest BCUT2D eigenvalue weighted by atomic mass is 32.2.